The Morgan fingerprint density at radius 1 is 1.05 bits per heavy atom. The molecule has 0 heterocycles. The predicted octanol–water partition coefficient (Wildman–Crippen LogP) is 4.56. The summed E-state index contributed by atoms with van der Waals surface area (Å²) in [5, 5.41) is 3.47. The van der Waals surface area contributed by atoms with Crippen LogP contribution in [-0.4, -0.2) is 12.6 Å². The summed E-state index contributed by atoms with van der Waals surface area (Å²) in [6.45, 7) is 10.1. The zero-order valence-corrected chi connectivity index (χ0v) is 13.4. The minimum absolute atomic E-state index is 0.491. The van der Waals surface area contributed by atoms with Crippen molar-refractivity contribution in [2.24, 2.45) is 0 Å². The largest absolute Gasteiger partial charge is 0.493 e. The zero-order valence-electron chi connectivity index (χ0n) is 13.4. The van der Waals surface area contributed by atoms with E-state index in [9.17, 15) is 0 Å². The third-order valence-corrected chi connectivity index (χ3v) is 3.49. The number of benzene rings is 2. The van der Waals surface area contributed by atoms with Gasteiger partial charge < -0.3 is 10.1 Å². The van der Waals surface area contributed by atoms with Crippen molar-refractivity contribution in [2.45, 2.75) is 40.3 Å². The van der Waals surface area contributed by atoms with E-state index in [2.05, 4.69) is 56.4 Å². The van der Waals surface area contributed by atoms with Gasteiger partial charge in [0.1, 0.15) is 5.75 Å². The lowest BCUT2D eigenvalue weighted by Crippen LogP contribution is -2.21. The Morgan fingerprint density at radius 2 is 1.81 bits per heavy atom. The average molecular weight is 283 g/mol. The fraction of sp³-hybridized carbons (Fsp3) is 0.368. The number of aryl methyl sites for hydroxylation is 1. The molecule has 0 bridgehead atoms. The van der Waals surface area contributed by atoms with Gasteiger partial charge in [-0.3, -0.25) is 0 Å². The highest BCUT2D eigenvalue weighted by Gasteiger charge is 2.09. The molecule has 0 aromatic heterocycles. The van der Waals surface area contributed by atoms with Crippen molar-refractivity contribution in [3.05, 3.63) is 53.6 Å². The Hall–Kier alpha value is -1.80. The molecule has 0 aliphatic heterocycles. The Kier molecular flexibility index (Phi) is 5.40. The van der Waals surface area contributed by atoms with Crippen LogP contribution in [0.1, 0.15) is 31.9 Å². The van der Waals surface area contributed by atoms with Crippen molar-refractivity contribution in [3.8, 4) is 16.9 Å². The van der Waals surface area contributed by atoms with Crippen molar-refractivity contribution in [3.63, 3.8) is 0 Å². The van der Waals surface area contributed by atoms with Crippen LogP contribution in [0.15, 0.2) is 42.5 Å². The van der Waals surface area contributed by atoms with Crippen molar-refractivity contribution < 1.29 is 4.74 Å². The van der Waals surface area contributed by atoms with Gasteiger partial charge in [-0.15, -0.1) is 0 Å². The maximum absolute atomic E-state index is 5.77. The van der Waals surface area contributed by atoms with Crippen LogP contribution in [0.4, 0.5) is 0 Å². The first-order chi connectivity index (χ1) is 10.1. The summed E-state index contributed by atoms with van der Waals surface area (Å²) in [6.07, 6.45) is 0. The monoisotopic (exact) mass is 283 g/mol. The average Bonchev–Trinajstić information content (AvgIpc) is 2.47. The molecule has 0 aliphatic rings. The number of hydrogen-bond donors (Lipinski definition) is 1. The summed E-state index contributed by atoms with van der Waals surface area (Å²) >= 11 is 0. The first-order valence-corrected chi connectivity index (χ1v) is 7.67. The molecular weight excluding hydrogens is 258 g/mol. The highest BCUT2D eigenvalue weighted by atomic mass is 16.5. The van der Waals surface area contributed by atoms with Crippen molar-refractivity contribution in [1.29, 1.82) is 0 Å². The smallest absolute Gasteiger partial charge is 0.127 e. The second kappa shape index (κ2) is 7.28. The second-order valence-electron chi connectivity index (χ2n) is 5.61. The summed E-state index contributed by atoms with van der Waals surface area (Å²) in [7, 11) is 0. The third-order valence-electron chi connectivity index (χ3n) is 3.49. The Labute approximate surface area is 128 Å². The van der Waals surface area contributed by atoms with E-state index in [-0.39, 0.29) is 0 Å². The van der Waals surface area contributed by atoms with Crippen LogP contribution >= 0.6 is 0 Å². The maximum Gasteiger partial charge on any atom is 0.127 e. The van der Waals surface area contributed by atoms with Crippen molar-refractivity contribution in [2.75, 3.05) is 6.61 Å². The molecule has 0 unspecified atom stereocenters. The van der Waals surface area contributed by atoms with E-state index in [0.29, 0.717) is 12.6 Å². The molecule has 2 rings (SSSR count). The molecule has 2 aromatic rings. The highest BCUT2D eigenvalue weighted by Crippen LogP contribution is 2.32. The molecule has 0 atom stereocenters. The quantitative estimate of drug-likeness (QED) is 0.839. The van der Waals surface area contributed by atoms with Crippen molar-refractivity contribution in [1.82, 2.24) is 5.32 Å². The lowest BCUT2D eigenvalue weighted by Gasteiger charge is -2.14. The van der Waals surface area contributed by atoms with Gasteiger partial charge in [0.05, 0.1) is 6.61 Å². The summed E-state index contributed by atoms with van der Waals surface area (Å²) in [6, 6.07) is 15.4. The zero-order chi connectivity index (χ0) is 15.2. The second-order valence-corrected chi connectivity index (χ2v) is 5.61. The topological polar surface area (TPSA) is 21.3 Å². The van der Waals surface area contributed by atoms with Gasteiger partial charge in [-0.2, -0.15) is 0 Å². The first-order valence-electron chi connectivity index (χ1n) is 7.67. The van der Waals surface area contributed by atoms with E-state index in [1.54, 1.807) is 0 Å². The van der Waals surface area contributed by atoms with Gasteiger partial charge in [0.2, 0.25) is 0 Å². The molecule has 0 spiro atoms. The van der Waals surface area contributed by atoms with Gasteiger partial charge in [-0.05, 0) is 42.7 Å². The maximum atomic E-state index is 5.77. The molecule has 1 N–H and O–H groups in total. The third kappa shape index (κ3) is 4.08. The van der Waals surface area contributed by atoms with E-state index >= 15 is 0 Å². The number of hydrogen-bond acceptors (Lipinski definition) is 2. The molecule has 0 radical (unpaired) electrons. The lowest BCUT2D eigenvalue weighted by atomic mass is 9.97. The van der Waals surface area contributed by atoms with Crippen LogP contribution in [0.2, 0.25) is 0 Å². The Balaban J connectivity index is 2.36. The fourth-order valence-electron chi connectivity index (χ4n) is 2.36. The molecule has 0 aliphatic carbocycles. The van der Waals surface area contributed by atoms with Gasteiger partial charge in [-0.25, -0.2) is 0 Å². The minimum atomic E-state index is 0.491. The summed E-state index contributed by atoms with van der Waals surface area (Å²) in [4.78, 5) is 0. The molecule has 2 nitrogen and oxygen atoms in total. The normalized spacial score (nSPS) is 10.9. The Bertz CT molecular complexity index is 590. The standard InChI is InChI=1S/C19H25NO/c1-5-21-19-9-7-6-8-17(19)18-12-16(11-10-15(18)4)13-20-14(2)3/h6-12,14,20H,5,13H2,1-4H3. The van der Waals surface area contributed by atoms with Gasteiger partial charge in [0.15, 0.2) is 0 Å². The fourth-order valence-corrected chi connectivity index (χ4v) is 2.36. The highest BCUT2D eigenvalue weighted by molar-refractivity contribution is 5.73. The minimum Gasteiger partial charge on any atom is -0.493 e. The van der Waals surface area contributed by atoms with Crippen LogP contribution in [0.3, 0.4) is 0 Å². The van der Waals surface area contributed by atoms with E-state index in [0.717, 1.165) is 12.3 Å². The van der Waals surface area contributed by atoms with Crippen LogP contribution < -0.4 is 10.1 Å². The van der Waals surface area contributed by atoms with Crippen LogP contribution in [0, 0.1) is 6.92 Å². The molecule has 2 heteroatoms. The Morgan fingerprint density at radius 3 is 2.52 bits per heavy atom. The van der Waals surface area contributed by atoms with Gasteiger partial charge in [0, 0.05) is 18.2 Å². The summed E-state index contributed by atoms with van der Waals surface area (Å²) in [5.41, 5.74) is 5.00. The van der Waals surface area contributed by atoms with E-state index < -0.39 is 0 Å². The SMILES string of the molecule is CCOc1ccccc1-c1cc(CNC(C)C)ccc1C. The summed E-state index contributed by atoms with van der Waals surface area (Å²) < 4.78 is 5.77. The predicted molar refractivity (Wildman–Crippen MR) is 89.8 cm³/mol. The van der Waals surface area contributed by atoms with E-state index in [1.165, 1.54) is 22.3 Å². The van der Waals surface area contributed by atoms with Crippen molar-refractivity contribution >= 4 is 0 Å². The number of nitrogens with one attached hydrogen (secondary N) is 1. The molecule has 112 valence electrons. The van der Waals surface area contributed by atoms with Crippen LogP contribution in [0.25, 0.3) is 11.1 Å². The van der Waals surface area contributed by atoms with Gasteiger partial charge >= 0.3 is 0 Å². The number of rotatable bonds is 6. The molecule has 0 fully saturated rings. The van der Waals surface area contributed by atoms with Crippen LogP contribution in [-0.2, 0) is 6.54 Å². The molecule has 0 saturated heterocycles. The summed E-state index contributed by atoms with van der Waals surface area (Å²) in [5.74, 6) is 0.956. The number of para-hydroxylation sites is 1. The number of ether oxygens (including phenoxy) is 1. The molecular formula is C19H25NO. The molecule has 21 heavy (non-hydrogen) atoms. The lowest BCUT2D eigenvalue weighted by molar-refractivity contribution is 0.341. The van der Waals surface area contributed by atoms with E-state index in [1.807, 2.05) is 19.1 Å². The molecule has 0 amide bonds. The van der Waals surface area contributed by atoms with E-state index in [4.69, 9.17) is 4.74 Å². The molecule has 0 saturated carbocycles. The molecule has 2 aromatic carbocycles. The van der Waals surface area contributed by atoms with Gasteiger partial charge in [0.25, 0.3) is 0 Å². The van der Waals surface area contributed by atoms with Gasteiger partial charge in [-0.1, -0.05) is 44.2 Å². The first kappa shape index (κ1) is 15.6. The van der Waals surface area contributed by atoms with Crippen LogP contribution in [0.5, 0.6) is 5.75 Å².